The predicted molar refractivity (Wildman–Crippen MR) is 81.9 cm³/mol. The van der Waals surface area contributed by atoms with Crippen LogP contribution < -0.4 is 10.6 Å². The highest BCUT2D eigenvalue weighted by Crippen LogP contribution is 2.39. The first-order valence-electron chi connectivity index (χ1n) is 6.87. The molecule has 100 valence electrons. The van der Waals surface area contributed by atoms with E-state index in [1.54, 1.807) is 0 Å². The summed E-state index contributed by atoms with van der Waals surface area (Å²) in [4.78, 5) is 2.51. The van der Waals surface area contributed by atoms with Crippen molar-refractivity contribution in [1.29, 1.82) is 0 Å². The van der Waals surface area contributed by atoms with Gasteiger partial charge in [-0.1, -0.05) is 35.8 Å². The maximum atomic E-state index is 5.70. The van der Waals surface area contributed by atoms with Gasteiger partial charge in [-0.25, -0.2) is 0 Å². The second kappa shape index (κ2) is 5.62. The number of hydrogen-bond acceptors (Lipinski definition) is 2. The number of halogens is 1. The molecule has 0 radical (unpaired) electrons. The molecule has 2 rings (SSSR count). The zero-order chi connectivity index (χ0) is 13.2. The smallest absolute Gasteiger partial charge is 0.0377 e. The number of anilines is 1. The highest BCUT2D eigenvalue weighted by atomic mass is 79.9. The fourth-order valence-corrected chi connectivity index (χ4v) is 3.41. The topological polar surface area (TPSA) is 29.3 Å². The van der Waals surface area contributed by atoms with Crippen LogP contribution in [0.5, 0.6) is 0 Å². The van der Waals surface area contributed by atoms with Crippen molar-refractivity contribution in [2.45, 2.75) is 39.7 Å². The second-order valence-electron chi connectivity index (χ2n) is 5.36. The standard InChI is InChI=1S/C15H23BrN2/c1-3-15(4-2)7-8-18(11-15)13-6-5-12(10-17)14(16)9-13/h5-6,9H,3-4,7-8,10-11,17H2,1-2H3. The molecule has 1 fully saturated rings. The minimum atomic E-state index is 0.527. The van der Waals surface area contributed by atoms with Crippen LogP contribution in [-0.4, -0.2) is 13.1 Å². The van der Waals surface area contributed by atoms with E-state index >= 15 is 0 Å². The van der Waals surface area contributed by atoms with Gasteiger partial charge < -0.3 is 10.6 Å². The molecular formula is C15H23BrN2. The molecule has 0 atom stereocenters. The molecule has 1 aromatic carbocycles. The summed E-state index contributed by atoms with van der Waals surface area (Å²) in [5.41, 5.74) is 8.72. The van der Waals surface area contributed by atoms with E-state index in [2.05, 4.69) is 52.9 Å². The summed E-state index contributed by atoms with van der Waals surface area (Å²) in [6.45, 7) is 7.60. The molecule has 0 unspecified atom stereocenters. The van der Waals surface area contributed by atoms with Crippen molar-refractivity contribution < 1.29 is 0 Å². The summed E-state index contributed by atoms with van der Waals surface area (Å²) in [6, 6.07) is 6.55. The molecule has 18 heavy (non-hydrogen) atoms. The van der Waals surface area contributed by atoms with Gasteiger partial charge in [0.2, 0.25) is 0 Å². The van der Waals surface area contributed by atoms with Crippen LogP contribution in [0.2, 0.25) is 0 Å². The lowest BCUT2D eigenvalue weighted by molar-refractivity contribution is 0.301. The molecule has 2 N–H and O–H groups in total. The van der Waals surface area contributed by atoms with Crippen LogP contribution in [0.4, 0.5) is 5.69 Å². The minimum Gasteiger partial charge on any atom is -0.371 e. The fraction of sp³-hybridized carbons (Fsp3) is 0.600. The largest absolute Gasteiger partial charge is 0.371 e. The number of nitrogens with zero attached hydrogens (tertiary/aromatic N) is 1. The summed E-state index contributed by atoms with van der Waals surface area (Å²) >= 11 is 3.61. The Hall–Kier alpha value is -0.540. The SMILES string of the molecule is CCC1(CC)CCN(c2ccc(CN)c(Br)c2)C1. The third-order valence-corrected chi connectivity index (χ3v) is 5.30. The number of rotatable bonds is 4. The molecule has 0 bridgehead atoms. The van der Waals surface area contributed by atoms with E-state index in [4.69, 9.17) is 5.73 Å². The van der Waals surface area contributed by atoms with Crippen molar-refractivity contribution in [3.63, 3.8) is 0 Å². The first kappa shape index (κ1) is 13.9. The Bertz CT molecular complexity index is 413. The Morgan fingerprint density at radius 2 is 2.06 bits per heavy atom. The molecule has 1 aromatic rings. The lowest BCUT2D eigenvalue weighted by atomic mass is 9.82. The Kier molecular flexibility index (Phi) is 4.33. The zero-order valence-electron chi connectivity index (χ0n) is 11.4. The van der Waals surface area contributed by atoms with Crippen LogP contribution in [0.3, 0.4) is 0 Å². The first-order valence-corrected chi connectivity index (χ1v) is 7.67. The Labute approximate surface area is 119 Å². The molecule has 0 aliphatic carbocycles. The summed E-state index contributed by atoms with van der Waals surface area (Å²) in [7, 11) is 0. The first-order chi connectivity index (χ1) is 8.64. The molecule has 1 aliphatic rings. The maximum Gasteiger partial charge on any atom is 0.0377 e. The van der Waals surface area contributed by atoms with Crippen molar-refractivity contribution in [3.05, 3.63) is 28.2 Å². The zero-order valence-corrected chi connectivity index (χ0v) is 13.0. The second-order valence-corrected chi connectivity index (χ2v) is 6.21. The Morgan fingerprint density at radius 1 is 1.33 bits per heavy atom. The van der Waals surface area contributed by atoms with Gasteiger partial charge >= 0.3 is 0 Å². The lowest BCUT2D eigenvalue weighted by Crippen LogP contribution is -2.26. The van der Waals surface area contributed by atoms with Crippen molar-refractivity contribution in [2.24, 2.45) is 11.1 Å². The lowest BCUT2D eigenvalue weighted by Gasteiger charge is -2.27. The summed E-state index contributed by atoms with van der Waals surface area (Å²) in [5, 5.41) is 0. The van der Waals surface area contributed by atoms with Crippen LogP contribution >= 0.6 is 15.9 Å². The number of nitrogens with two attached hydrogens (primary N) is 1. The van der Waals surface area contributed by atoms with Crippen molar-refractivity contribution >= 4 is 21.6 Å². The van der Waals surface area contributed by atoms with Crippen LogP contribution in [0.1, 0.15) is 38.7 Å². The molecule has 1 heterocycles. The van der Waals surface area contributed by atoms with E-state index in [9.17, 15) is 0 Å². The molecule has 3 heteroatoms. The van der Waals surface area contributed by atoms with Gasteiger partial charge in [0.15, 0.2) is 0 Å². The van der Waals surface area contributed by atoms with Gasteiger partial charge in [-0.2, -0.15) is 0 Å². The predicted octanol–water partition coefficient (Wildman–Crippen LogP) is 3.92. The van der Waals surface area contributed by atoms with Crippen LogP contribution in [-0.2, 0) is 6.54 Å². The number of benzene rings is 1. The number of hydrogen-bond donors (Lipinski definition) is 1. The van der Waals surface area contributed by atoms with E-state index < -0.39 is 0 Å². The fourth-order valence-electron chi connectivity index (χ4n) is 2.88. The van der Waals surface area contributed by atoms with Gasteiger partial charge in [0.1, 0.15) is 0 Å². The van der Waals surface area contributed by atoms with Crippen molar-refractivity contribution in [3.8, 4) is 0 Å². The molecule has 0 aromatic heterocycles. The average molecular weight is 311 g/mol. The molecular weight excluding hydrogens is 288 g/mol. The Morgan fingerprint density at radius 3 is 2.56 bits per heavy atom. The van der Waals surface area contributed by atoms with Gasteiger partial charge in [-0.05, 0) is 42.4 Å². The summed E-state index contributed by atoms with van der Waals surface area (Å²) in [6.07, 6.45) is 3.88. The minimum absolute atomic E-state index is 0.527. The van der Waals surface area contributed by atoms with E-state index in [0.717, 1.165) is 4.47 Å². The van der Waals surface area contributed by atoms with E-state index in [1.165, 1.54) is 43.6 Å². The van der Waals surface area contributed by atoms with Crippen LogP contribution in [0, 0.1) is 5.41 Å². The average Bonchev–Trinajstić information content (AvgIpc) is 2.84. The van der Waals surface area contributed by atoms with E-state index in [1.807, 2.05) is 0 Å². The third kappa shape index (κ3) is 2.57. The molecule has 0 spiro atoms. The normalized spacial score (nSPS) is 18.3. The van der Waals surface area contributed by atoms with Gasteiger partial charge in [-0.15, -0.1) is 0 Å². The van der Waals surface area contributed by atoms with E-state index in [0.29, 0.717) is 12.0 Å². The van der Waals surface area contributed by atoms with Gasteiger partial charge in [-0.3, -0.25) is 0 Å². The van der Waals surface area contributed by atoms with Gasteiger partial charge in [0.05, 0.1) is 0 Å². The summed E-state index contributed by atoms with van der Waals surface area (Å²) < 4.78 is 1.13. The van der Waals surface area contributed by atoms with Crippen molar-refractivity contribution in [1.82, 2.24) is 0 Å². The molecule has 1 aliphatic heterocycles. The molecule has 0 saturated carbocycles. The maximum absolute atomic E-state index is 5.70. The summed E-state index contributed by atoms with van der Waals surface area (Å²) in [5.74, 6) is 0. The molecule has 0 amide bonds. The van der Waals surface area contributed by atoms with Gasteiger partial charge in [0, 0.05) is 29.8 Å². The molecule has 1 saturated heterocycles. The van der Waals surface area contributed by atoms with Crippen molar-refractivity contribution in [2.75, 3.05) is 18.0 Å². The van der Waals surface area contributed by atoms with Crippen LogP contribution in [0.25, 0.3) is 0 Å². The van der Waals surface area contributed by atoms with E-state index in [-0.39, 0.29) is 0 Å². The quantitative estimate of drug-likeness (QED) is 0.913. The monoisotopic (exact) mass is 310 g/mol. The highest BCUT2D eigenvalue weighted by molar-refractivity contribution is 9.10. The Balaban J connectivity index is 2.17. The van der Waals surface area contributed by atoms with Crippen LogP contribution in [0.15, 0.2) is 22.7 Å². The third-order valence-electron chi connectivity index (χ3n) is 4.56. The highest BCUT2D eigenvalue weighted by Gasteiger charge is 2.34. The molecule has 2 nitrogen and oxygen atoms in total. The van der Waals surface area contributed by atoms with Gasteiger partial charge in [0.25, 0.3) is 0 Å².